The van der Waals surface area contributed by atoms with Crippen molar-refractivity contribution in [2.24, 2.45) is 0 Å². The van der Waals surface area contributed by atoms with E-state index in [1.54, 1.807) is 0 Å². The largest absolute Gasteiger partial charge is 0.394 e. The number of nitrogens with two attached hydrogens (primary N) is 1. The van der Waals surface area contributed by atoms with Crippen LogP contribution in [0.5, 0.6) is 0 Å². The summed E-state index contributed by atoms with van der Waals surface area (Å²) in [5, 5.41) is 38.4. The number of hydrogen-bond donors (Lipinski definition) is 5. The molecule has 8 heteroatoms. The van der Waals surface area contributed by atoms with Gasteiger partial charge in [0.05, 0.1) is 12.3 Å². The van der Waals surface area contributed by atoms with E-state index < -0.39 is 30.7 Å². The summed E-state index contributed by atoms with van der Waals surface area (Å²) in [5.41, 5.74) is 5.82. The molecule has 0 bridgehead atoms. The van der Waals surface area contributed by atoms with Gasteiger partial charge in [-0.2, -0.15) is 0 Å². The third-order valence-electron chi connectivity index (χ3n) is 2.88. The molecule has 1 aromatic heterocycles. The second-order valence-corrected chi connectivity index (χ2v) is 4.23. The normalized spacial score (nSPS) is 35.9. The van der Waals surface area contributed by atoms with E-state index in [9.17, 15) is 15.3 Å². The van der Waals surface area contributed by atoms with Gasteiger partial charge in [-0.05, 0) is 0 Å². The first kappa shape index (κ1) is 13.1. The Morgan fingerprint density at radius 1 is 1.39 bits per heavy atom. The molecule has 0 aliphatic carbocycles. The zero-order valence-corrected chi connectivity index (χ0v) is 9.47. The molecule has 1 aliphatic heterocycles. The van der Waals surface area contributed by atoms with Crippen molar-refractivity contribution in [3.8, 4) is 0 Å². The predicted octanol–water partition coefficient (Wildman–Crippen LogP) is -2.60. The molecule has 18 heavy (non-hydrogen) atoms. The fraction of sp³-hybridized carbons (Fsp3) is 0.600. The SMILES string of the molecule is Nc1cc(C[C@]2(O)O[C@H](CO)[C@@H](O)[C@H]2O)ncn1. The number of anilines is 1. The van der Waals surface area contributed by atoms with Gasteiger partial charge in [0, 0.05) is 12.5 Å². The Morgan fingerprint density at radius 3 is 2.67 bits per heavy atom. The molecule has 1 aliphatic rings. The standard InChI is InChI=1S/C10H15N3O5/c11-7-1-5(12-4-13-7)2-10(17)9(16)8(15)6(3-14)18-10/h1,4,6,8-9,14-17H,2-3H2,(H2,11,12,13)/t6-,8-,9-,10+/m1/s1. The topological polar surface area (TPSA) is 142 Å². The van der Waals surface area contributed by atoms with Crippen molar-refractivity contribution in [2.45, 2.75) is 30.5 Å². The summed E-state index contributed by atoms with van der Waals surface area (Å²) < 4.78 is 5.07. The summed E-state index contributed by atoms with van der Waals surface area (Å²) in [7, 11) is 0. The second kappa shape index (κ2) is 4.75. The van der Waals surface area contributed by atoms with Crippen molar-refractivity contribution in [3.63, 3.8) is 0 Å². The van der Waals surface area contributed by atoms with Crippen LogP contribution in [0.2, 0.25) is 0 Å². The smallest absolute Gasteiger partial charge is 0.200 e. The Labute approximate surface area is 103 Å². The van der Waals surface area contributed by atoms with Crippen LogP contribution in [0, 0.1) is 0 Å². The van der Waals surface area contributed by atoms with Crippen molar-refractivity contribution in [1.82, 2.24) is 9.97 Å². The summed E-state index contributed by atoms with van der Waals surface area (Å²) in [4.78, 5) is 7.57. The fourth-order valence-electron chi connectivity index (χ4n) is 1.93. The van der Waals surface area contributed by atoms with Gasteiger partial charge >= 0.3 is 0 Å². The van der Waals surface area contributed by atoms with Crippen LogP contribution in [0.15, 0.2) is 12.4 Å². The maximum atomic E-state index is 10.1. The van der Waals surface area contributed by atoms with Gasteiger partial charge in [-0.25, -0.2) is 9.97 Å². The van der Waals surface area contributed by atoms with Crippen LogP contribution in [-0.4, -0.2) is 61.1 Å². The molecule has 0 amide bonds. The van der Waals surface area contributed by atoms with Gasteiger partial charge in [0.15, 0.2) is 0 Å². The average Bonchev–Trinajstić information content (AvgIpc) is 2.54. The van der Waals surface area contributed by atoms with Crippen LogP contribution in [0.4, 0.5) is 5.82 Å². The molecule has 0 unspecified atom stereocenters. The minimum absolute atomic E-state index is 0.172. The number of aliphatic hydroxyl groups excluding tert-OH is 3. The fourth-order valence-corrected chi connectivity index (χ4v) is 1.93. The monoisotopic (exact) mass is 257 g/mol. The summed E-state index contributed by atoms with van der Waals surface area (Å²) in [6.07, 6.45) is -2.89. The Hall–Kier alpha value is -1.32. The molecule has 6 N–H and O–H groups in total. The van der Waals surface area contributed by atoms with Crippen LogP contribution in [0.3, 0.4) is 0 Å². The highest BCUT2D eigenvalue weighted by Gasteiger charge is 2.53. The van der Waals surface area contributed by atoms with Crippen molar-refractivity contribution in [3.05, 3.63) is 18.1 Å². The van der Waals surface area contributed by atoms with Crippen LogP contribution in [-0.2, 0) is 11.2 Å². The highest BCUT2D eigenvalue weighted by Crippen LogP contribution is 2.31. The molecule has 0 spiro atoms. The highest BCUT2D eigenvalue weighted by molar-refractivity contribution is 5.28. The molecule has 0 saturated carbocycles. The lowest BCUT2D eigenvalue weighted by atomic mass is 10.0. The lowest BCUT2D eigenvalue weighted by Gasteiger charge is -2.25. The quantitative estimate of drug-likeness (QED) is 0.397. The Kier molecular flexibility index (Phi) is 3.46. The van der Waals surface area contributed by atoms with Crippen LogP contribution < -0.4 is 5.73 Å². The predicted molar refractivity (Wildman–Crippen MR) is 59.1 cm³/mol. The van der Waals surface area contributed by atoms with Crippen molar-refractivity contribution in [1.29, 1.82) is 0 Å². The second-order valence-electron chi connectivity index (χ2n) is 4.23. The molecule has 0 radical (unpaired) electrons. The van der Waals surface area contributed by atoms with E-state index >= 15 is 0 Å². The Bertz CT molecular complexity index is 432. The first-order chi connectivity index (χ1) is 8.46. The molecular formula is C10H15N3O5. The first-order valence-corrected chi connectivity index (χ1v) is 5.40. The third-order valence-corrected chi connectivity index (χ3v) is 2.88. The molecule has 2 heterocycles. The Morgan fingerprint density at radius 2 is 2.11 bits per heavy atom. The lowest BCUT2D eigenvalue weighted by Crippen LogP contribution is -2.45. The summed E-state index contributed by atoms with van der Waals surface area (Å²) in [6, 6.07) is 1.42. The summed E-state index contributed by atoms with van der Waals surface area (Å²) in [6.45, 7) is -0.507. The van der Waals surface area contributed by atoms with Gasteiger partial charge in [0.2, 0.25) is 5.79 Å². The molecule has 1 aromatic rings. The van der Waals surface area contributed by atoms with Crippen molar-refractivity contribution in [2.75, 3.05) is 12.3 Å². The van der Waals surface area contributed by atoms with Gasteiger partial charge in [-0.15, -0.1) is 0 Å². The minimum Gasteiger partial charge on any atom is -0.394 e. The average molecular weight is 257 g/mol. The van der Waals surface area contributed by atoms with Crippen LogP contribution in [0.25, 0.3) is 0 Å². The van der Waals surface area contributed by atoms with Crippen LogP contribution >= 0.6 is 0 Å². The van der Waals surface area contributed by atoms with Crippen molar-refractivity contribution >= 4 is 5.82 Å². The summed E-state index contributed by atoms with van der Waals surface area (Å²) >= 11 is 0. The van der Waals surface area contributed by atoms with Gasteiger partial charge in [-0.3, -0.25) is 0 Å². The number of hydrogen-bond acceptors (Lipinski definition) is 8. The van der Waals surface area contributed by atoms with Gasteiger partial charge in [-0.1, -0.05) is 0 Å². The van der Waals surface area contributed by atoms with Crippen molar-refractivity contribution < 1.29 is 25.2 Å². The molecule has 4 atom stereocenters. The van der Waals surface area contributed by atoms with Gasteiger partial charge in [0.25, 0.3) is 0 Å². The zero-order chi connectivity index (χ0) is 13.3. The molecule has 1 saturated heterocycles. The summed E-state index contributed by atoms with van der Waals surface area (Å²) in [5.74, 6) is -1.79. The Balaban J connectivity index is 2.17. The number of rotatable bonds is 3. The zero-order valence-electron chi connectivity index (χ0n) is 9.47. The molecule has 0 aromatic carbocycles. The van der Waals surface area contributed by atoms with Gasteiger partial charge < -0.3 is 30.9 Å². The van der Waals surface area contributed by atoms with Crippen LogP contribution in [0.1, 0.15) is 5.69 Å². The maximum Gasteiger partial charge on any atom is 0.200 e. The molecule has 8 nitrogen and oxygen atoms in total. The van der Waals surface area contributed by atoms with E-state index in [1.807, 2.05) is 0 Å². The van der Waals surface area contributed by atoms with E-state index in [0.717, 1.165) is 0 Å². The minimum atomic E-state index is -2.01. The number of nitrogen functional groups attached to an aromatic ring is 1. The molecule has 2 rings (SSSR count). The van der Waals surface area contributed by atoms with E-state index in [-0.39, 0.29) is 12.2 Å². The molecular weight excluding hydrogens is 242 g/mol. The number of aromatic nitrogens is 2. The van der Waals surface area contributed by atoms with Gasteiger partial charge in [0.1, 0.15) is 30.5 Å². The number of aliphatic hydroxyl groups is 4. The molecule has 100 valence electrons. The van der Waals surface area contributed by atoms with E-state index in [4.69, 9.17) is 15.6 Å². The third kappa shape index (κ3) is 2.28. The number of ether oxygens (including phenoxy) is 1. The van der Waals surface area contributed by atoms with E-state index in [2.05, 4.69) is 9.97 Å². The van der Waals surface area contributed by atoms with E-state index in [1.165, 1.54) is 12.4 Å². The molecule has 1 fully saturated rings. The van der Waals surface area contributed by atoms with E-state index in [0.29, 0.717) is 5.69 Å². The first-order valence-electron chi connectivity index (χ1n) is 5.40. The maximum absolute atomic E-state index is 10.1. The number of nitrogens with zero attached hydrogens (tertiary/aromatic N) is 2. The lowest BCUT2D eigenvalue weighted by molar-refractivity contribution is -0.229. The highest BCUT2D eigenvalue weighted by atomic mass is 16.7.